The Bertz CT molecular complexity index is 868. The van der Waals surface area contributed by atoms with Crippen LogP contribution in [0.4, 0.5) is 0 Å². The second-order valence-corrected chi connectivity index (χ2v) is 8.65. The van der Waals surface area contributed by atoms with E-state index in [1.165, 1.54) is 0 Å². The summed E-state index contributed by atoms with van der Waals surface area (Å²) >= 11 is 0. The van der Waals surface area contributed by atoms with E-state index < -0.39 is 11.4 Å². The van der Waals surface area contributed by atoms with Gasteiger partial charge in [0.25, 0.3) is 0 Å². The van der Waals surface area contributed by atoms with Gasteiger partial charge in [0.15, 0.2) is 0 Å². The Labute approximate surface area is 165 Å². The number of piperidine rings is 1. The van der Waals surface area contributed by atoms with E-state index in [1.54, 1.807) is 7.11 Å². The molecule has 7 heteroatoms. The molecular weight excluding hydrogens is 358 g/mol. The molecule has 1 amide bonds. The SMILES string of the molecule is COc1cccc2[nH]c(C[C@H]3CN(C(=O)C(C)(C)C)CC[C@H]3CC(=O)O)nc12. The lowest BCUT2D eigenvalue weighted by Crippen LogP contribution is -2.48. The number of carboxylic acids is 1. The first kappa shape index (κ1) is 20.2. The van der Waals surface area contributed by atoms with Crippen LogP contribution >= 0.6 is 0 Å². The Hall–Kier alpha value is -2.57. The lowest BCUT2D eigenvalue weighted by molar-refractivity contribution is -0.143. The van der Waals surface area contributed by atoms with Crippen molar-refractivity contribution in [3.63, 3.8) is 0 Å². The molecule has 1 aromatic carbocycles. The Morgan fingerprint density at radius 2 is 2.07 bits per heavy atom. The highest BCUT2D eigenvalue weighted by Gasteiger charge is 2.36. The lowest BCUT2D eigenvalue weighted by atomic mass is 9.80. The molecule has 1 aromatic heterocycles. The summed E-state index contributed by atoms with van der Waals surface area (Å²) in [7, 11) is 1.61. The number of aromatic nitrogens is 2. The molecule has 0 saturated carbocycles. The summed E-state index contributed by atoms with van der Waals surface area (Å²) in [6.45, 7) is 6.92. The first-order valence-corrected chi connectivity index (χ1v) is 9.71. The van der Waals surface area contributed by atoms with E-state index in [9.17, 15) is 14.7 Å². The number of likely N-dealkylation sites (tertiary alicyclic amines) is 1. The fourth-order valence-electron chi connectivity index (χ4n) is 4.03. The number of imidazole rings is 1. The fourth-order valence-corrected chi connectivity index (χ4v) is 4.03. The number of hydrogen-bond acceptors (Lipinski definition) is 4. The molecule has 3 rings (SSSR count). The Morgan fingerprint density at radius 1 is 1.32 bits per heavy atom. The highest BCUT2D eigenvalue weighted by molar-refractivity contribution is 5.82. The molecular formula is C21H29N3O4. The molecule has 2 atom stereocenters. The third kappa shape index (κ3) is 4.29. The minimum Gasteiger partial charge on any atom is -0.494 e. The first-order chi connectivity index (χ1) is 13.2. The van der Waals surface area contributed by atoms with Crippen molar-refractivity contribution in [3.8, 4) is 5.75 Å². The molecule has 1 fully saturated rings. The zero-order chi connectivity index (χ0) is 20.5. The van der Waals surface area contributed by atoms with Crippen molar-refractivity contribution in [2.45, 2.75) is 40.0 Å². The number of carbonyl (C=O) groups excluding carboxylic acids is 1. The molecule has 7 nitrogen and oxygen atoms in total. The van der Waals surface area contributed by atoms with Gasteiger partial charge in [-0.15, -0.1) is 0 Å². The minimum absolute atomic E-state index is 0.0247. The molecule has 152 valence electrons. The summed E-state index contributed by atoms with van der Waals surface area (Å²) in [6, 6.07) is 5.71. The average molecular weight is 387 g/mol. The van der Waals surface area contributed by atoms with Crippen molar-refractivity contribution in [3.05, 3.63) is 24.0 Å². The summed E-state index contributed by atoms with van der Waals surface area (Å²) in [6.07, 6.45) is 1.41. The molecule has 0 spiro atoms. The smallest absolute Gasteiger partial charge is 0.303 e. The van der Waals surface area contributed by atoms with Crippen molar-refractivity contribution in [2.24, 2.45) is 17.3 Å². The van der Waals surface area contributed by atoms with Gasteiger partial charge in [0.05, 0.1) is 12.6 Å². The monoisotopic (exact) mass is 387 g/mol. The number of aromatic amines is 1. The molecule has 1 saturated heterocycles. The minimum atomic E-state index is -0.795. The van der Waals surface area contributed by atoms with Crippen LogP contribution in [0.15, 0.2) is 18.2 Å². The molecule has 0 aliphatic carbocycles. The maximum atomic E-state index is 12.7. The van der Waals surface area contributed by atoms with E-state index in [1.807, 2.05) is 43.9 Å². The summed E-state index contributed by atoms with van der Waals surface area (Å²) in [4.78, 5) is 34.0. The van der Waals surface area contributed by atoms with Crippen LogP contribution in [0.5, 0.6) is 5.75 Å². The number of nitrogens with zero attached hydrogens (tertiary/aromatic N) is 2. The fraction of sp³-hybridized carbons (Fsp3) is 0.571. The molecule has 2 heterocycles. The van der Waals surface area contributed by atoms with Gasteiger partial charge in [-0.2, -0.15) is 0 Å². The number of methoxy groups -OCH3 is 1. The van der Waals surface area contributed by atoms with Crippen molar-refractivity contribution in [2.75, 3.05) is 20.2 Å². The lowest BCUT2D eigenvalue weighted by Gasteiger charge is -2.40. The van der Waals surface area contributed by atoms with Crippen LogP contribution in [0.25, 0.3) is 11.0 Å². The summed E-state index contributed by atoms with van der Waals surface area (Å²) in [5.41, 5.74) is 1.22. The van der Waals surface area contributed by atoms with Gasteiger partial charge >= 0.3 is 5.97 Å². The van der Waals surface area contributed by atoms with Gasteiger partial charge in [-0.3, -0.25) is 9.59 Å². The first-order valence-electron chi connectivity index (χ1n) is 9.71. The number of carbonyl (C=O) groups is 2. The molecule has 28 heavy (non-hydrogen) atoms. The van der Waals surface area contributed by atoms with Crippen LogP contribution in [0, 0.1) is 17.3 Å². The van der Waals surface area contributed by atoms with Crippen LogP contribution in [0.2, 0.25) is 0 Å². The largest absolute Gasteiger partial charge is 0.494 e. The third-order valence-electron chi connectivity index (χ3n) is 5.46. The number of fused-ring (bicyclic) bond motifs is 1. The number of nitrogens with one attached hydrogen (secondary N) is 1. The third-order valence-corrected chi connectivity index (χ3v) is 5.46. The summed E-state index contributed by atoms with van der Waals surface area (Å²) in [5.74, 6) is 0.883. The summed E-state index contributed by atoms with van der Waals surface area (Å²) in [5, 5.41) is 9.32. The van der Waals surface area contributed by atoms with E-state index in [0.29, 0.717) is 31.7 Å². The van der Waals surface area contributed by atoms with Crippen LogP contribution in [0.1, 0.15) is 39.4 Å². The zero-order valence-corrected chi connectivity index (χ0v) is 17.0. The maximum absolute atomic E-state index is 12.7. The number of H-pyrrole nitrogens is 1. The van der Waals surface area contributed by atoms with E-state index in [2.05, 4.69) is 9.97 Å². The number of amides is 1. The molecule has 0 bridgehead atoms. The Balaban J connectivity index is 1.84. The number of rotatable bonds is 5. The molecule has 0 radical (unpaired) electrons. The highest BCUT2D eigenvalue weighted by Crippen LogP contribution is 2.32. The topological polar surface area (TPSA) is 95.5 Å². The van der Waals surface area contributed by atoms with Gasteiger partial charge in [0.2, 0.25) is 5.91 Å². The standard InChI is InChI=1S/C21H29N3O4/c1-21(2,3)20(27)24-9-8-13(11-18(25)26)14(12-24)10-17-22-15-6-5-7-16(28-4)19(15)23-17/h5-7,13-14H,8-12H2,1-4H3,(H,22,23)(H,25,26)/t13-,14-/m0/s1. The molecule has 2 aromatic rings. The number of carboxylic acid groups (broad SMARTS) is 1. The highest BCUT2D eigenvalue weighted by atomic mass is 16.5. The van der Waals surface area contributed by atoms with E-state index in [0.717, 1.165) is 16.9 Å². The van der Waals surface area contributed by atoms with Crippen molar-refractivity contribution < 1.29 is 19.4 Å². The van der Waals surface area contributed by atoms with Crippen molar-refractivity contribution in [1.29, 1.82) is 0 Å². The molecule has 1 aliphatic rings. The van der Waals surface area contributed by atoms with E-state index in [-0.39, 0.29) is 24.2 Å². The predicted octanol–water partition coefficient (Wildman–Crippen LogP) is 3.10. The van der Waals surface area contributed by atoms with Crippen molar-refractivity contribution >= 4 is 22.9 Å². The predicted molar refractivity (Wildman–Crippen MR) is 106 cm³/mol. The van der Waals surface area contributed by atoms with E-state index >= 15 is 0 Å². The number of benzene rings is 1. The molecule has 0 unspecified atom stereocenters. The van der Waals surface area contributed by atoms with E-state index in [4.69, 9.17) is 4.74 Å². The van der Waals surface area contributed by atoms with Crippen molar-refractivity contribution in [1.82, 2.24) is 14.9 Å². The molecule has 1 aliphatic heterocycles. The van der Waals surface area contributed by atoms with Gasteiger partial charge in [0, 0.05) is 31.3 Å². The number of aliphatic carboxylic acids is 1. The van der Waals surface area contributed by atoms with Gasteiger partial charge < -0.3 is 19.7 Å². The van der Waals surface area contributed by atoms with Gasteiger partial charge in [0.1, 0.15) is 17.1 Å². The van der Waals surface area contributed by atoms with Gasteiger partial charge in [-0.1, -0.05) is 26.8 Å². The van der Waals surface area contributed by atoms with Crippen LogP contribution in [-0.4, -0.2) is 52.1 Å². The van der Waals surface area contributed by atoms with Crippen LogP contribution < -0.4 is 4.74 Å². The molecule has 2 N–H and O–H groups in total. The van der Waals surface area contributed by atoms with Crippen LogP contribution in [0.3, 0.4) is 0 Å². The second-order valence-electron chi connectivity index (χ2n) is 8.65. The quantitative estimate of drug-likeness (QED) is 0.822. The second kappa shape index (κ2) is 7.81. The zero-order valence-electron chi connectivity index (χ0n) is 17.0. The van der Waals surface area contributed by atoms with Gasteiger partial charge in [-0.05, 0) is 30.4 Å². The normalized spacial score (nSPS) is 20.4. The number of ether oxygens (including phenoxy) is 1. The average Bonchev–Trinajstić information content (AvgIpc) is 3.03. The Morgan fingerprint density at radius 3 is 2.71 bits per heavy atom. The summed E-state index contributed by atoms with van der Waals surface area (Å²) < 4.78 is 5.38. The number of hydrogen-bond donors (Lipinski definition) is 2. The Kier molecular flexibility index (Phi) is 5.63. The number of para-hydroxylation sites is 1. The van der Waals surface area contributed by atoms with Gasteiger partial charge in [-0.25, -0.2) is 4.98 Å². The van der Waals surface area contributed by atoms with Crippen LogP contribution in [-0.2, 0) is 16.0 Å². The maximum Gasteiger partial charge on any atom is 0.303 e.